The minimum Gasteiger partial charge on any atom is -0.299 e. The Morgan fingerprint density at radius 2 is 2.00 bits per heavy atom. The summed E-state index contributed by atoms with van der Waals surface area (Å²) in [4.78, 5) is 15.1. The van der Waals surface area contributed by atoms with Crippen molar-refractivity contribution in [2.24, 2.45) is 0 Å². The molecule has 4 aromatic rings. The summed E-state index contributed by atoms with van der Waals surface area (Å²) in [6.45, 7) is 3.72. The summed E-state index contributed by atoms with van der Waals surface area (Å²) in [5.41, 5.74) is 5.08. The van der Waals surface area contributed by atoms with Gasteiger partial charge in [0.15, 0.2) is 0 Å². The van der Waals surface area contributed by atoms with E-state index < -0.39 is 0 Å². The fourth-order valence-electron chi connectivity index (χ4n) is 3.12. The van der Waals surface area contributed by atoms with Gasteiger partial charge in [0.25, 0.3) is 5.69 Å². The van der Waals surface area contributed by atoms with Crippen LogP contribution in [0.5, 0.6) is 0 Å². The largest absolute Gasteiger partial charge is 0.299 e. The number of fused-ring (bicyclic) bond motifs is 1. The molecule has 0 atom stereocenters. The van der Waals surface area contributed by atoms with Crippen LogP contribution in [0.3, 0.4) is 0 Å². The first-order valence-electron chi connectivity index (χ1n) is 7.78. The molecule has 0 bridgehead atoms. The minimum atomic E-state index is -0.351. The molecule has 7 heteroatoms. The van der Waals surface area contributed by atoms with Crippen LogP contribution in [0.4, 0.5) is 5.69 Å². The van der Waals surface area contributed by atoms with Gasteiger partial charge in [0, 0.05) is 42.5 Å². The fraction of sp³-hybridized carbons (Fsp3) is 0.111. The van der Waals surface area contributed by atoms with E-state index in [0.717, 1.165) is 28.2 Å². The lowest BCUT2D eigenvalue weighted by molar-refractivity contribution is -0.385. The Bertz CT molecular complexity index is 1100. The molecular weight excluding hydrogens is 318 g/mol. The van der Waals surface area contributed by atoms with Gasteiger partial charge in [0.2, 0.25) is 0 Å². The average molecular weight is 333 g/mol. The van der Waals surface area contributed by atoms with Gasteiger partial charge in [0.1, 0.15) is 5.65 Å². The van der Waals surface area contributed by atoms with Gasteiger partial charge >= 0.3 is 0 Å². The van der Waals surface area contributed by atoms with Crippen LogP contribution >= 0.6 is 0 Å². The molecule has 0 saturated heterocycles. The molecule has 3 heterocycles. The number of rotatable bonds is 3. The van der Waals surface area contributed by atoms with Gasteiger partial charge in [-0.3, -0.25) is 19.7 Å². The lowest BCUT2D eigenvalue weighted by atomic mass is 10.1. The number of hydrogen-bond donors (Lipinski definition) is 0. The van der Waals surface area contributed by atoms with Gasteiger partial charge in [-0.25, -0.2) is 4.52 Å². The summed E-state index contributed by atoms with van der Waals surface area (Å²) in [6, 6.07) is 9.08. The van der Waals surface area contributed by atoms with E-state index in [9.17, 15) is 10.1 Å². The Hall–Kier alpha value is -3.48. The molecule has 0 amide bonds. The highest BCUT2D eigenvalue weighted by Gasteiger charge is 2.19. The molecular formula is C18H15N5O2. The van der Waals surface area contributed by atoms with Crippen molar-refractivity contribution in [3.05, 3.63) is 76.4 Å². The SMILES string of the molecule is Cc1ccc([N+](=O)[O-])c(C)c1-n1ccn2nc(-c3cccnc3)cc12. The highest BCUT2D eigenvalue weighted by Crippen LogP contribution is 2.30. The number of imidazole rings is 1. The van der Waals surface area contributed by atoms with Gasteiger partial charge in [-0.1, -0.05) is 6.07 Å². The number of benzene rings is 1. The van der Waals surface area contributed by atoms with Crippen LogP contribution in [0, 0.1) is 24.0 Å². The number of aromatic nitrogens is 4. The molecule has 3 aromatic heterocycles. The molecule has 0 unspecified atom stereocenters. The number of nitro groups is 1. The first-order chi connectivity index (χ1) is 12.1. The van der Waals surface area contributed by atoms with E-state index in [1.165, 1.54) is 0 Å². The summed E-state index contributed by atoms with van der Waals surface area (Å²) < 4.78 is 3.70. The average Bonchev–Trinajstić information content (AvgIpc) is 3.17. The standard InChI is InChI=1S/C18H15N5O2/c1-12-5-6-16(23(24)25)13(2)18(12)21-8-9-22-17(21)10-15(20-22)14-4-3-7-19-11-14/h3-11H,1-2H3. The van der Waals surface area contributed by atoms with Gasteiger partial charge in [-0.15, -0.1) is 0 Å². The maximum absolute atomic E-state index is 11.3. The van der Waals surface area contributed by atoms with Crippen molar-refractivity contribution in [2.45, 2.75) is 13.8 Å². The van der Waals surface area contributed by atoms with Crippen molar-refractivity contribution in [1.29, 1.82) is 0 Å². The topological polar surface area (TPSA) is 78.3 Å². The highest BCUT2D eigenvalue weighted by molar-refractivity contribution is 5.67. The molecule has 0 radical (unpaired) electrons. The minimum absolute atomic E-state index is 0.111. The van der Waals surface area contributed by atoms with Crippen LogP contribution in [-0.4, -0.2) is 24.1 Å². The second-order valence-electron chi connectivity index (χ2n) is 5.87. The van der Waals surface area contributed by atoms with Gasteiger partial charge in [0.05, 0.1) is 21.9 Å². The summed E-state index contributed by atoms with van der Waals surface area (Å²) >= 11 is 0. The third kappa shape index (κ3) is 2.37. The maximum Gasteiger partial charge on any atom is 0.274 e. The molecule has 4 rings (SSSR count). The smallest absolute Gasteiger partial charge is 0.274 e. The molecule has 1 aromatic carbocycles. The van der Waals surface area contributed by atoms with Crippen molar-refractivity contribution in [2.75, 3.05) is 0 Å². The monoisotopic (exact) mass is 333 g/mol. The molecule has 0 fully saturated rings. The van der Waals surface area contributed by atoms with Crippen LogP contribution in [0.2, 0.25) is 0 Å². The number of hydrogen-bond acceptors (Lipinski definition) is 4. The number of pyridine rings is 1. The predicted octanol–water partition coefficient (Wildman–Crippen LogP) is 3.71. The summed E-state index contributed by atoms with van der Waals surface area (Å²) in [5, 5.41) is 15.8. The van der Waals surface area contributed by atoms with E-state index in [4.69, 9.17) is 0 Å². The Morgan fingerprint density at radius 1 is 1.16 bits per heavy atom. The van der Waals surface area contributed by atoms with E-state index in [1.54, 1.807) is 36.0 Å². The first-order valence-corrected chi connectivity index (χ1v) is 7.78. The molecule has 25 heavy (non-hydrogen) atoms. The van der Waals surface area contributed by atoms with Crippen LogP contribution < -0.4 is 0 Å². The van der Waals surface area contributed by atoms with Crippen molar-refractivity contribution in [3.8, 4) is 16.9 Å². The van der Waals surface area contributed by atoms with Crippen molar-refractivity contribution in [1.82, 2.24) is 19.2 Å². The second kappa shape index (κ2) is 5.55. The van der Waals surface area contributed by atoms with Crippen molar-refractivity contribution < 1.29 is 4.92 Å². The normalized spacial score (nSPS) is 11.1. The lowest BCUT2D eigenvalue weighted by Crippen LogP contribution is -2.02. The van der Waals surface area contributed by atoms with Crippen molar-refractivity contribution in [3.63, 3.8) is 0 Å². The molecule has 0 spiro atoms. The predicted molar refractivity (Wildman–Crippen MR) is 93.9 cm³/mol. The molecule has 0 aliphatic heterocycles. The summed E-state index contributed by atoms with van der Waals surface area (Å²) in [6.07, 6.45) is 7.19. The molecule has 124 valence electrons. The van der Waals surface area contributed by atoms with Crippen LogP contribution in [0.25, 0.3) is 22.6 Å². The maximum atomic E-state index is 11.3. The van der Waals surface area contributed by atoms with E-state index in [2.05, 4.69) is 10.1 Å². The van der Waals surface area contributed by atoms with E-state index in [1.807, 2.05) is 42.1 Å². The Balaban J connectivity index is 1.93. The van der Waals surface area contributed by atoms with Crippen LogP contribution in [0.1, 0.15) is 11.1 Å². The Labute approximate surface area is 143 Å². The summed E-state index contributed by atoms with van der Waals surface area (Å²) in [7, 11) is 0. The molecule has 0 N–H and O–H groups in total. The summed E-state index contributed by atoms with van der Waals surface area (Å²) in [5.74, 6) is 0. The quantitative estimate of drug-likeness (QED) is 0.423. The molecule has 7 nitrogen and oxygen atoms in total. The zero-order chi connectivity index (χ0) is 17.6. The number of aryl methyl sites for hydroxylation is 1. The second-order valence-corrected chi connectivity index (χ2v) is 5.87. The number of nitrogens with zero attached hydrogens (tertiary/aromatic N) is 5. The third-order valence-corrected chi connectivity index (χ3v) is 4.32. The van der Waals surface area contributed by atoms with E-state index in [-0.39, 0.29) is 10.6 Å². The molecule has 0 aliphatic rings. The van der Waals surface area contributed by atoms with Gasteiger partial charge in [-0.2, -0.15) is 5.10 Å². The van der Waals surface area contributed by atoms with Gasteiger partial charge in [-0.05, 0) is 31.5 Å². The van der Waals surface area contributed by atoms with Crippen LogP contribution in [0.15, 0.2) is 55.1 Å². The van der Waals surface area contributed by atoms with Crippen molar-refractivity contribution >= 4 is 11.3 Å². The van der Waals surface area contributed by atoms with Crippen LogP contribution in [-0.2, 0) is 0 Å². The lowest BCUT2D eigenvalue weighted by Gasteiger charge is -2.11. The Morgan fingerprint density at radius 3 is 2.72 bits per heavy atom. The van der Waals surface area contributed by atoms with Gasteiger partial charge < -0.3 is 0 Å². The highest BCUT2D eigenvalue weighted by atomic mass is 16.6. The molecule has 0 saturated carbocycles. The first kappa shape index (κ1) is 15.1. The zero-order valence-electron chi connectivity index (χ0n) is 13.7. The molecule has 0 aliphatic carbocycles. The fourth-order valence-corrected chi connectivity index (χ4v) is 3.12. The third-order valence-electron chi connectivity index (χ3n) is 4.32. The Kier molecular flexibility index (Phi) is 3.35. The zero-order valence-corrected chi connectivity index (χ0v) is 13.7. The van der Waals surface area contributed by atoms with E-state index >= 15 is 0 Å². The van der Waals surface area contributed by atoms with E-state index in [0.29, 0.717) is 5.56 Å². The number of nitro benzene ring substituents is 1.